The van der Waals surface area contributed by atoms with Crippen LogP contribution < -0.4 is 20.9 Å². The molecule has 0 radical (unpaired) electrons. The Kier molecular flexibility index (Phi) is 7.91. The topological polar surface area (TPSA) is 96.5 Å². The summed E-state index contributed by atoms with van der Waals surface area (Å²) in [5.74, 6) is -0.613. The smallest absolute Gasteiger partial charge is 0.269 e. The number of carbonyl (C=O) groups excluding carboxylic acids is 3. The van der Waals surface area contributed by atoms with Crippen LogP contribution in [0.15, 0.2) is 72.8 Å². The molecule has 0 saturated heterocycles. The van der Waals surface area contributed by atoms with E-state index < -0.39 is 11.8 Å². The van der Waals surface area contributed by atoms with E-state index in [1.54, 1.807) is 60.7 Å². The minimum atomic E-state index is -0.483. The highest BCUT2D eigenvalue weighted by Crippen LogP contribution is 2.22. The molecule has 3 aromatic rings. The molecule has 0 saturated carbocycles. The van der Waals surface area contributed by atoms with Crippen molar-refractivity contribution in [1.82, 2.24) is 10.9 Å². The van der Waals surface area contributed by atoms with E-state index in [0.29, 0.717) is 28.1 Å². The van der Waals surface area contributed by atoms with Crippen LogP contribution in [0, 0.1) is 0 Å². The normalized spacial score (nSPS) is 11.0. The molecular formula is C28H31N3O4. The summed E-state index contributed by atoms with van der Waals surface area (Å²) in [4.78, 5) is 37.3. The molecule has 0 spiro atoms. The minimum Gasteiger partial charge on any atom is -0.491 e. The zero-order valence-electron chi connectivity index (χ0n) is 20.6. The molecule has 7 heteroatoms. The van der Waals surface area contributed by atoms with Crippen LogP contribution in [-0.2, 0) is 5.41 Å². The summed E-state index contributed by atoms with van der Waals surface area (Å²) in [6.07, 6.45) is -0.0187. The molecule has 0 aromatic heterocycles. The first-order chi connectivity index (χ1) is 16.5. The molecular weight excluding hydrogens is 442 g/mol. The van der Waals surface area contributed by atoms with Gasteiger partial charge < -0.3 is 10.1 Å². The fourth-order valence-electron chi connectivity index (χ4n) is 3.27. The first kappa shape index (κ1) is 25.5. The molecule has 0 aliphatic carbocycles. The molecule has 0 fully saturated rings. The average Bonchev–Trinajstić information content (AvgIpc) is 2.82. The number of hydrazine groups is 1. The van der Waals surface area contributed by atoms with E-state index in [1.807, 2.05) is 26.0 Å². The van der Waals surface area contributed by atoms with Gasteiger partial charge in [-0.05, 0) is 79.4 Å². The van der Waals surface area contributed by atoms with Crippen molar-refractivity contribution in [1.29, 1.82) is 0 Å². The molecule has 0 atom stereocenters. The third-order valence-electron chi connectivity index (χ3n) is 5.18. The van der Waals surface area contributed by atoms with Crippen LogP contribution in [0.4, 0.5) is 5.69 Å². The van der Waals surface area contributed by atoms with Gasteiger partial charge >= 0.3 is 0 Å². The van der Waals surface area contributed by atoms with E-state index in [4.69, 9.17) is 4.74 Å². The van der Waals surface area contributed by atoms with Crippen LogP contribution in [0.3, 0.4) is 0 Å². The van der Waals surface area contributed by atoms with E-state index in [9.17, 15) is 14.4 Å². The SMILES string of the molecule is CC(C)Oc1cccc(C(=O)NNC(=O)c2ccc(NC(=O)c3ccc(C(C)(C)C)cc3)cc2)c1. The fraction of sp³-hybridized carbons (Fsp3) is 0.250. The average molecular weight is 474 g/mol. The summed E-state index contributed by atoms with van der Waals surface area (Å²) in [7, 11) is 0. The number of rotatable bonds is 6. The Morgan fingerprint density at radius 3 is 1.83 bits per heavy atom. The molecule has 0 bridgehead atoms. The van der Waals surface area contributed by atoms with E-state index in [2.05, 4.69) is 36.9 Å². The van der Waals surface area contributed by atoms with Gasteiger partial charge in [0.1, 0.15) is 5.75 Å². The molecule has 3 aromatic carbocycles. The van der Waals surface area contributed by atoms with Gasteiger partial charge in [-0.3, -0.25) is 25.2 Å². The summed E-state index contributed by atoms with van der Waals surface area (Å²) >= 11 is 0. The van der Waals surface area contributed by atoms with Gasteiger partial charge in [-0.15, -0.1) is 0 Å². The van der Waals surface area contributed by atoms with Crippen molar-refractivity contribution in [2.45, 2.75) is 46.1 Å². The zero-order chi connectivity index (χ0) is 25.6. The summed E-state index contributed by atoms with van der Waals surface area (Å²) in [5, 5.41) is 2.82. The number of ether oxygens (including phenoxy) is 1. The summed E-state index contributed by atoms with van der Waals surface area (Å²) < 4.78 is 5.59. The highest BCUT2D eigenvalue weighted by atomic mass is 16.5. The Morgan fingerprint density at radius 1 is 0.714 bits per heavy atom. The second kappa shape index (κ2) is 10.9. The van der Waals surface area contributed by atoms with Gasteiger partial charge in [0.25, 0.3) is 17.7 Å². The van der Waals surface area contributed by atoms with E-state index in [0.717, 1.165) is 5.56 Å². The van der Waals surface area contributed by atoms with Gasteiger partial charge in [0.15, 0.2) is 0 Å². The third kappa shape index (κ3) is 7.17. The Balaban J connectivity index is 1.55. The monoisotopic (exact) mass is 473 g/mol. The Labute approximate surface area is 205 Å². The molecule has 3 rings (SSSR count). The number of anilines is 1. The minimum absolute atomic E-state index is 0.0110. The number of benzene rings is 3. The predicted molar refractivity (Wildman–Crippen MR) is 137 cm³/mol. The predicted octanol–water partition coefficient (Wildman–Crippen LogP) is 5.10. The van der Waals surface area contributed by atoms with Gasteiger partial charge in [-0.2, -0.15) is 0 Å². The number of amides is 3. The molecule has 7 nitrogen and oxygen atoms in total. The Bertz CT molecular complexity index is 1190. The van der Waals surface area contributed by atoms with Crippen LogP contribution in [0.5, 0.6) is 5.75 Å². The number of carbonyl (C=O) groups is 3. The fourth-order valence-corrected chi connectivity index (χ4v) is 3.27. The van der Waals surface area contributed by atoms with Gasteiger partial charge in [-0.25, -0.2) is 0 Å². The molecule has 182 valence electrons. The standard InChI is InChI=1S/C28H31N3O4/c1-18(2)35-24-8-6-7-21(17-24)27(34)31-30-26(33)20-11-15-23(16-12-20)29-25(32)19-9-13-22(14-10-19)28(3,4)5/h6-18H,1-5H3,(H,29,32)(H,30,33)(H,31,34). The second-order valence-electron chi connectivity index (χ2n) is 9.46. The maximum Gasteiger partial charge on any atom is 0.269 e. The van der Waals surface area contributed by atoms with E-state index in [-0.39, 0.29) is 17.4 Å². The lowest BCUT2D eigenvalue weighted by molar-refractivity contribution is 0.0846. The van der Waals surface area contributed by atoms with Crippen molar-refractivity contribution in [2.24, 2.45) is 0 Å². The van der Waals surface area contributed by atoms with Crippen molar-refractivity contribution < 1.29 is 19.1 Å². The van der Waals surface area contributed by atoms with Crippen LogP contribution in [0.25, 0.3) is 0 Å². The molecule has 0 aliphatic rings. The van der Waals surface area contributed by atoms with Crippen LogP contribution in [0.1, 0.15) is 71.3 Å². The molecule has 3 amide bonds. The highest BCUT2D eigenvalue weighted by Gasteiger charge is 2.15. The quantitative estimate of drug-likeness (QED) is 0.434. The number of nitrogens with one attached hydrogen (secondary N) is 3. The van der Waals surface area contributed by atoms with Gasteiger partial charge in [0.05, 0.1) is 6.10 Å². The summed E-state index contributed by atoms with van der Waals surface area (Å²) in [6, 6.07) is 20.6. The van der Waals surface area contributed by atoms with Crippen molar-refractivity contribution >= 4 is 23.4 Å². The lowest BCUT2D eigenvalue weighted by atomic mass is 9.87. The van der Waals surface area contributed by atoms with Crippen molar-refractivity contribution in [3.63, 3.8) is 0 Å². The third-order valence-corrected chi connectivity index (χ3v) is 5.18. The number of hydrogen-bond donors (Lipinski definition) is 3. The lowest BCUT2D eigenvalue weighted by Crippen LogP contribution is -2.41. The van der Waals surface area contributed by atoms with E-state index in [1.165, 1.54) is 0 Å². The van der Waals surface area contributed by atoms with Crippen molar-refractivity contribution in [3.8, 4) is 5.75 Å². The Hall–Kier alpha value is -4.13. The van der Waals surface area contributed by atoms with Crippen molar-refractivity contribution in [2.75, 3.05) is 5.32 Å². The van der Waals surface area contributed by atoms with Crippen LogP contribution in [-0.4, -0.2) is 23.8 Å². The summed E-state index contributed by atoms with van der Waals surface area (Å²) in [5.41, 5.74) is 7.74. The zero-order valence-corrected chi connectivity index (χ0v) is 20.6. The van der Waals surface area contributed by atoms with Gasteiger partial charge in [0, 0.05) is 22.4 Å². The molecule has 0 unspecified atom stereocenters. The largest absolute Gasteiger partial charge is 0.491 e. The number of hydrogen-bond acceptors (Lipinski definition) is 4. The van der Waals surface area contributed by atoms with Gasteiger partial charge in [0.2, 0.25) is 0 Å². The molecule has 0 aliphatic heterocycles. The molecule has 0 heterocycles. The van der Waals surface area contributed by atoms with Gasteiger partial charge in [-0.1, -0.05) is 39.0 Å². The summed E-state index contributed by atoms with van der Waals surface area (Å²) in [6.45, 7) is 10.1. The van der Waals surface area contributed by atoms with Crippen LogP contribution in [0.2, 0.25) is 0 Å². The first-order valence-corrected chi connectivity index (χ1v) is 11.4. The lowest BCUT2D eigenvalue weighted by Gasteiger charge is -2.19. The maximum absolute atomic E-state index is 12.5. The van der Waals surface area contributed by atoms with Crippen LogP contribution >= 0.6 is 0 Å². The molecule has 35 heavy (non-hydrogen) atoms. The Morgan fingerprint density at radius 2 is 1.26 bits per heavy atom. The van der Waals surface area contributed by atoms with E-state index >= 15 is 0 Å². The first-order valence-electron chi connectivity index (χ1n) is 11.4. The maximum atomic E-state index is 12.5. The molecule has 3 N–H and O–H groups in total. The van der Waals surface area contributed by atoms with Crippen molar-refractivity contribution in [3.05, 3.63) is 95.1 Å². The second-order valence-corrected chi connectivity index (χ2v) is 9.46. The highest BCUT2D eigenvalue weighted by molar-refractivity contribution is 6.04.